The van der Waals surface area contributed by atoms with Crippen LogP contribution in [0.15, 0.2) is 32.7 Å². The minimum absolute atomic E-state index is 1.37. The van der Waals surface area contributed by atoms with Crippen LogP contribution < -0.4 is 0 Å². The Morgan fingerprint density at radius 2 is 2.00 bits per heavy atom. The van der Waals surface area contributed by atoms with Crippen molar-refractivity contribution in [2.75, 3.05) is 12.5 Å². The number of hydrogen-bond donors (Lipinski definition) is 0. The van der Waals surface area contributed by atoms with Crippen LogP contribution in [0, 0.1) is 0 Å². The molecule has 0 radical (unpaired) electrons. The van der Waals surface area contributed by atoms with Crippen molar-refractivity contribution in [2.45, 2.75) is 9.79 Å². The molecule has 0 saturated carbocycles. The largest absolute Gasteiger partial charge is 0.142 e. The Kier molecular flexibility index (Phi) is 3.60. The summed E-state index contributed by atoms with van der Waals surface area (Å²) in [7, 11) is 0. The van der Waals surface area contributed by atoms with Gasteiger partial charge in [-0.3, -0.25) is 0 Å². The Morgan fingerprint density at radius 3 is 2.64 bits per heavy atom. The van der Waals surface area contributed by atoms with Gasteiger partial charge in [0.2, 0.25) is 0 Å². The second-order valence-electron chi connectivity index (χ2n) is 2.67. The van der Waals surface area contributed by atoms with Crippen molar-refractivity contribution in [3.63, 3.8) is 0 Å². The first-order valence-corrected chi connectivity index (χ1v) is 8.30. The maximum atomic E-state index is 2.28. The second-order valence-corrected chi connectivity index (χ2v) is 6.22. The van der Waals surface area contributed by atoms with Crippen molar-refractivity contribution in [1.82, 2.24) is 0 Å². The summed E-state index contributed by atoms with van der Waals surface area (Å²) in [4.78, 5) is 5.58. The number of hydrogen-bond acceptors (Lipinski definition) is 4. The maximum Gasteiger partial charge on any atom is 0.0578 e. The quantitative estimate of drug-likeness (QED) is 0.717. The highest BCUT2D eigenvalue weighted by molar-refractivity contribution is 7.99. The Labute approximate surface area is 101 Å². The van der Waals surface area contributed by atoms with Gasteiger partial charge in [0.05, 0.1) is 4.88 Å². The molecule has 0 aliphatic rings. The smallest absolute Gasteiger partial charge is 0.0578 e. The lowest BCUT2D eigenvalue weighted by Gasteiger charge is -1.95. The molecule has 4 heteroatoms. The standard InChI is InChI=1S/C10H10S4/c1-11-7-5-9(14-6-7)10-8(12-2)3-4-13-10/h3-6H,1-2H3. The fraction of sp³-hybridized carbons (Fsp3) is 0.200. The average molecular weight is 258 g/mol. The normalized spacial score (nSPS) is 10.7. The molecule has 0 atom stereocenters. The lowest BCUT2D eigenvalue weighted by molar-refractivity contribution is 1.56. The number of thioether (sulfide) groups is 2. The van der Waals surface area contributed by atoms with Crippen molar-refractivity contribution in [1.29, 1.82) is 0 Å². The molecule has 0 unspecified atom stereocenters. The first-order chi connectivity index (χ1) is 6.85. The van der Waals surface area contributed by atoms with Crippen molar-refractivity contribution in [2.24, 2.45) is 0 Å². The van der Waals surface area contributed by atoms with Gasteiger partial charge in [-0.05, 0) is 30.0 Å². The van der Waals surface area contributed by atoms with E-state index in [-0.39, 0.29) is 0 Å². The molecule has 2 heterocycles. The second kappa shape index (κ2) is 4.75. The molecule has 2 rings (SSSR count). The zero-order valence-electron chi connectivity index (χ0n) is 7.94. The molecule has 2 aromatic rings. The van der Waals surface area contributed by atoms with Gasteiger partial charge >= 0.3 is 0 Å². The molecular formula is C10H10S4. The molecule has 0 amide bonds. The van der Waals surface area contributed by atoms with Gasteiger partial charge in [0.15, 0.2) is 0 Å². The molecule has 0 aliphatic heterocycles. The zero-order valence-corrected chi connectivity index (χ0v) is 11.2. The third-order valence-electron chi connectivity index (χ3n) is 1.88. The molecule has 0 nitrogen and oxygen atoms in total. The highest BCUT2D eigenvalue weighted by Crippen LogP contribution is 2.39. The van der Waals surface area contributed by atoms with Crippen LogP contribution >= 0.6 is 46.2 Å². The maximum absolute atomic E-state index is 2.28. The minimum atomic E-state index is 1.37. The van der Waals surface area contributed by atoms with Crippen molar-refractivity contribution in [3.8, 4) is 9.75 Å². The highest BCUT2D eigenvalue weighted by Gasteiger charge is 2.08. The molecule has 0 aromatic carbocycles. The molecule has 0 fully saturated rings. The SMILES string of the molecule is CSc1csc(-c2sccc2SC)c1. The van der Waals surface area contributed by atoms with E-state index in [2.05, 4.69) is 35.4 Å². The summed E-state index contributed by atoms with van der Waals surface area (Å²) >= 11 is 7.30. The van der Waals surface area contributed by atoms with Gasteiger partial charge in [-0.2, -0.15) is 0 Å². The monoisotopic (exact) mass is 258 g/mol. The third kappa shape index (κ3) is 2.03. The molecule has 0 N–H and O–H groups in total. The highest BCUT2D eigenvalue weighted by atomic mass is 32.2. The molecule has 0 spiro atoms. The molecule has 74 valence electrons. The lowest BCUT2D eigenvalue weighted by Crippen LogP contribution is -1.67. The summed E-state index contributed by atoms with van der Waals surface area (Å²) in [5.41, 5.74) is 0. The van der Waals surface area contributed by atoms with E-state index in [4.69, 9.17) is 0 Å². The summed E-state index contributed by atoms with van der Waals surface area (Å²) in [6, 6.07) is 4.48. The third-order valence-corrected chi connectivity index (χ3v) is 5.67. The van der Waals surface area contributed by atoms with Gasteiger partial charge < -0.3 is 0 Å². The van der Waals surface area contributed by atoms with Crippen LogP contribution in [0.1, 0.15) is 0 Å². The van der Waals surface area contributed by atoms with Crippen LogP contribution in [-0.4, -0.2) is 12.5 Å². The Bertz CT molecular complexity index is 413. The summed E-state index contributed by atoms with van der Waals surface area (Å²) < 4.78 is 0. The first kappa shape index (κ1) is 10.6. The number of rotatable bonds is 3. The van der Waals surface area contributed by atoms with Crippen LogP contribution in [-0.2, 0) is 0 Å². The van der Waals surface area contributed by atoms with Crippen LogP contribution in [0.4, 0.5) is 0 Å². The van der Waals surface area contributed by atoms with E-state index in [1.54, 1.807) is 0 Å². The molecule has 2 aromatic heterocycles. The van der Waals surface area contributed by atoms with Gasteiger partial charge in [-0.1, -0.05) is 0 Å². The molecular weight excluding hydrogens is 248 g/mol. The average Bonchev–Trinajstić information content (AvgIpc) is 2.85. The van der Waals surface area contributed by atoms with E-state index < -0.39 is 0 Å². The summed E-state index contributed by atoms with van der Waals surface area (Å²) in [5.74, 6) is 0. The van der Waals surface area contributed by atoms with Gasteiger partial charge in [0.25, 0.3) is 0 Å². The van der Waals surface area contributed by atoms with E-state index in [9.17, 15) is 0 Å². The van der Waals surface area contributed by atoms with E-state index >= 15 is 0 Å². The van der Waals surface area contributed by atoms with E-state index in [0.29, 0.717) is 0 Å². The molecule has 0 bridgehead atoms. The van der Waals surface area contributed by atoms with E-state index in [0.717, 1.165) is 0 Å². The van der Waals surface area contributed by atoms with Crippen LogP contribution in [0.2, 0.25) is 0 Å². The van der Waals surface area contributed by atoms with E-state index in [1.165, 1.54) is 19.5 Å². The van der Waals surface area contributed by atoms with Crippen LogP contribution in [0.3, 0.4) is 0 Å². The predicted octanol–water partition coefficient (Wildman–Crippen LogP) is 4.92. The predicted molar refractivity (Wildman–Crippen MR) is 71.2 cm³/mol. The minimum Gasteiger partial charge on any atom is -0.142 e. The zero-order chi connectivity index (χ0) is 9.97. The summed E-state index contributed by atoms with van der Waals surface area (Å²) in [6.45, 7) is 0. The Morgan fingerprint density at radius 1 is 1.14 bits per heavy atom. The molecule has 0 saturated heterocycles. The van der Waals surface area contributed by atoms with Gasteiger partial charge in [-0.15, -0.1) is 46.2 Å². The van der Waals surface area contributed by atoms with E-state index in [1.807, 2.05) is 46.2 Å². The van der Waals surface area contributed by atoms with Crippen molar-refractivity contribution in [3.05, 3.63) is 22.9 Å². The first-order valence-electron chi connectivity index (χ1n) is 4.09. The Hall–Kier alpha value is 0.1000. The molecule has 14 heavy (non-hydrogen) atoms. The van der Waals surface area contributed by atoms with Crippen molar-refractivity contribution < 1.29 is 0 Å². The fourth-order valence-corrected chi connectivity index (χ4v) is 4.78. The van der Waals surface area contributed by atoms with Gasteiger partial charge in [-0.25, -0.2) is 0 Å². The Balaban J connectivity index is 2.38. The fourth-order valence-electron chi connectivity index (χ4n) is 1.18. The van der Waals surface area contributed by atoms with Gasteiger partial charge in [0.1, 0.15) is 0 Å². The lowest BCUT2D eigenvalue weighted by atomic mass is 10.4. The van der Waals surface area contributed by atoms with Crippen LogP contribution in [0.5, 0.6) is 0 Å². The van der Waals surface area contributed by atoms with Crippen LogP contribution in [0.25, 0.3) is 9.75 Å². The molecule has 0 aliphatic carbocycles. The topological polar surface area (TPSA) is 0 Å². The summed E-state index contributed by atoms with van der Waals surface area (Å²) in [6.07, 6.45) is 4.25. The van der Waals surface area contributed by atoms with Crippen molar-refractivity contribution >= 4 is 46.2 Å². The number of thiophene rings is 2. The van der Waals surface area contributed by atoms with Gasteiger partial charge in [0, 0.05) is 20.0 Å². The summed E-state index contributed by atoms with van der Waals surface area (Å²) in [5, 5.41) is 4.39.